The highest BCUT2D eigenvalue weighted by Gasteiger charge is 2.29. The highest BCUT2D eigenvalue weighted by atomic mass is 16.7. The van der Waals surface area contributed by atoms with Crippen molar-refractivity contribution >= 4 is 13.2 Å². The SMILES string of the molecule is C[B]CCC(C)(C)OC(=O)Cc1cccc2c1COC(C)(C)O2. The average Bonchev–Trinajstić information content (AvgIpc) is 2.43. The molecular weight excluding hydrogens is 291 g/mol. The molecule has 0 saturated heterocycles. The Morgan fingerprint density at radius 2 is 2.13 bits per heavy atom. The van der Waals surface area contributed by atoms with E-state index < -0.39 is 11.4 Å². The van der Waals surface area contributed by atoms with E-state index in [1.807, 2.05) is 52.7 Å². The molecule has 0 bridgehead atoms. The van der Waals surface area contributed by atoms with Crippen LogP contribution in [0.25, 0.3) is 0 Å². The Morgan fingerprint density at radius 1 is 1.39 bits per heavy atom. The van der Waals surface area contributed by atoms with Crippen molar-refractivity contribution in [2.45, 2.75) is 71.7 Å². The monoisotopic (exact) mass is 317 g/mol. The Bertz CT molecular complexity index is 566. The summed E-state index contributed by atoms with van der Waals surface area (Å²) in [5, 5.41) is 0. The highest BCUT2D eigenvalue weighted by Crippen LogP contribution is 2.33. The van der Waals surface area contributed by atoms with Crippen molar-refractivity contribution in [1.82, 2.24) is 0 Å². The van der Waals surface area contributed by atoms with Crippen molar-refractivity contribution in [3.05, 3.63) is 29.3 Å². The number of carbonyl (C=O) groups is 1. The normalized spacial score (nSPS) is 16.2. The molecule has 5 heteroatoms. The van der Waals surface area contributed by atoms with E-state index >= 15 is 0 Å². The summed E-state index contributed by atoms with van der Waals surface area (Å²) in [5.41, 5.74) is 1.39. The summed E-state index contributed by atoms with van der Waals surface area (Å²) < 4.78 is 17.1. The number of rotatable bonds is 6. The van der Waals surface area contributed by atoms with E-state index in [2.05, 4.69) is 7.28 Å². The van der Waals surface area contributed by atoms with E-state index in [0.717, 1.165) is 29.6 Å². The molecule has 0 aromatic heterocycles. The quantitative estimate of drug-likeness (QED) is 0.592. The molecule has 1 aliphatic heterocycles. The molecule has 1 radical (unpaired) electrons. The Balaban J connectivity index is 2.05. The minimum Gasteiger partial charge on any atom is -0.463 e. The first-order valence-electron chi connectivity index (χ1n) is 8.16. The van der Waals surface area contributed by atoms with Gasteiger partial charge in [-0.15, -0.1) is 0 Å². The lowest BCUT2D eigenvalue weighted by molar-refractivity contribution is -0.180. The summed E-state index contributed by atoms with van der Waals surface area (Å²) in [7, 11) is 2.08. The maximum atomic E-state index is 12.3. The molecule has 0 amide bonds. The van der Waals surface area contributed by atoms with Crippen LogP contribution >= 0.6 is 0 Å². The number of esters is 1. The molecule has 0 atom stereocenters. The third-order valence-corrected chi connectivity index (χ3v) is 3.91. The number of ether oxygens (including phenoxy) is 3. The maximum absolute atomic E-state index is 12.3. The number of benzene rings is 1. The predicted molar refractivity (Wildman–Crippen MR) is 90.9 cm³/mol. The Hall–Kier alpha value is -1.49. The van der Waals surface area contributed by atoms with Crippen LogP contribution in [0, 0.1) is 0 Å². The minimum absolute atomic E-state index is 0.218. The van der Waals surface area contributed by atoms with Crippen molar-refractivity contribution in [1.29, 1.82) is 0 Å². The van der Waals surface area contributed by atoms with E-state index in [1.54, 1.807) is 0 Å². The Kier molecular flexibility index (Phi) is 5.40. The van der Waals surface area contributed by atoms with E-state index in [-0.39, 0.29) is 12.4 Å². The number of carbonyl (C=O) groups excluding carboxylic acids is 1. The van der Waals surface area contributed by atoms with Crippen LogP contribution in [0.5, 0.6) is 5.75 Å². The van der Waals surface area contributed by atoms with Gasteiger partial charge in [0.1, 0.15) is 18.6 Å². The molecule has 0 N–H and O–H groups in total. The fourth-order valence-corrected chi connectivity index (χ4v) is 2.62. The van der Waals surface area contributed by atoms with Gasteiger partial charge >= 0.3 is 5.97 Å². The van der Waals surface area contributed by atoms with Gasteiger partial charge in [-0.3, -0.25) is 4.79 Å². The number of hydrogen-bond acceptors (Lipinski definition) is 4. The van der Waals surface area contributed by atoms with Crippen LogP contribution in [0.1, 0.15) is 45.2 Å². The summed E-state index contributed by atoms with van der Waals surface area (Å²) >= 11 is 0. The van der Waals surface area contributed by atoms with Gasteiger partial charge in [0.15, 0.2) is 0 Å². The van der Waals surface area contributed by atoms with Crippen LogP contribution in [-0.2, 0) is 27.3 Å². The lowest BCUT2D eigenvalue weighted by Gasteiger charge is -2.33. The van der Waals surface area contributed by atoms with Crippen molar-refractivity contribution < 1.29 is 19.0 Å². The van der Waals surface area contributed by atoms with Gasteiger partial charge in [0, 0.05) is 19.4 Å². The molecule has 1 aromatic carbocycles. The molecule has 0 saturated carbocycles. The van der Waals surface area contributed by atoms with Crippen molar-refractivity contribution in [2.75, 3.05) is 0 Å². The molecule has 0 fully saturated rings. The second-order valence-corrected chi connectivity index (χ2v) is 7.04. The summed E-state index contributed by atoms with van der Waals surface area (Å²) in [5.74, 6) is -0.0687. The number of hydrogen-bond donors (Lipinski definition) is 0. The van der Waals surface area contributed by atoms with Crippen LogP contribution in [0.15, 0.2) is 18.2 Å². The fraction of sp³-hybridized carbons (Fsp3) is 0.611. The predicted octanol–water partition coefficient (Wildman–Crippen LogP) is 3.76. The fourth-order valence-electron chi connectivity index (χ4n) is 2.62. The molecule has 0 unspecified atom stereocenters. The second-order valence-electron chi connectivity index (χ2n) is 7.04. The molecule has 1 aliphatic rings. The molecular formula is C18H26BO4. The second kappa shape index (κ2) is 6.96. The molecule has 4 nitrogen and oxygen atoms in total. The Labute approximate surface area is 139 Å². The first-order valence-corrected chi connectivity index (χ1v) is 8.16. The molecule has 2 rings (SSSR count). The first-order chi connectivity index (χ1) is 10.7. The van der Waals surface area contributed by atoms with E-state index in [9.17, 15) is 4.79 Å². The van der Waals surface area contributed by atoms with Gasteiger partial charge < -0.3 is 14.2 Å². The summed E-state index contributed by atoms with van der Waals surface area (Å²) in [6, 6.07) is 5.74. The summed E-state index contributed by atoms with van der Waals surface area (Å²) in [6.45, 7) is 10.1. The van der Waals surface area contributed by atoms with Crippen LogP contribution in [0.2, 0.25) is 13.1 Å². The van der Waals surface area contributed by atoms with Crippen LogP contribution < -0.4 is 4.74 Å². The zero-order valence-electron chi connectivity index (χ0n) is 14.8. The Morgan fingerprint density at radius 3 is 2.83 bits per heavy atom. The highest BCUT2D eigenvalue weighted by molar-refractivity contribution is 6.33. The van der Waals surface area contributed by atoms with Crippen molar-refractivity contribution in [3.63, 3.8) is 0 Å². The van der Waals surface area contributed by atoms with Gasteiger partial charge in [0.25, 0.3) is 0 Å². The van der Waals surface area contributed by atoms with Crippen molar-refractivity contribution in [3.8, 4) is 5.75 Å². The minimum atomic E-state index is -0.634. The van der Waals surface area contributed by atoms with Gasteiger partial charge in [-0.1, -0.05) is 25.3 Å². The van der Waals surface area contributed by atoms with Gasteiger partial charge in [0.2, 0.25) is 5.79 Å². The van der Waals surface area contributed by atoms with Gasteiger partial charge in [-0.25, -0.2) is 0 Å². The lowest BCUT2D eigenvalue weighted by atomic mass is 9.74. The van der Waals surface area contributed by atoms with Gasteiger partial charge in [-0.05, 0) is 31.9 Å². The van der Waals surface area contributed by atoms with Crippen LogP contribution in [0.4, 0.5) is 0 Å². The van der Waals surface area contributed by atoms with E-state index in [0.29, 0.717) is 6.61 Å². The molecule has 125 valence electrons. The topological polar surface area (TPSA) is 44.8 Å². The molecule has 0 spiro atoms. The first kappa shape index (κ1) is 17.9. The summed E-state index contributed by atoms with van der Waals surface area (Å²) in [6.07, 6.45) is 1.98. The molecule has 0 aliphatic carbocycles. The third-order valence-electron chi connectivity index (χ3n) is 3.91. The molecule has 1 heterocycles. The number of fused-ring (bicyclic) bond motifs is 1. The maximum Gasteiger partial charge on any atom is 0.310 e. The van der Waals surface area contributed by atoms with Crippen molar-refractivity contribution in [2.24, 2.45) is 0 Å². The zero-order chi connectivity index (χ0) is 17.1. The van der Waals surface area contributed by atoms with Gasteiger partial charge in [-0.2, -0.15) is 0 Å². The molecule has 23 heavy (non-hydrogen) atoms. The standard InChI is InChI=1S/C18H26BO4/c1-17(2,9-10-19-5)23-16(20)11-13-7-6-8-15-14(13)12-21-18(3,4)22-15/h6-8H,9-12H2,1-5H3. The molecule has 1 aromatic rings. The third kappa shape index (κ3) is 5.00. The lowest BCUT2D eigenvalue weighted by Crippen LogP contribution is -2.36. The van der Waals surface area contributed by atoms with Gasteiger partial charge in [0.05, 0.1) is 13.0 Å². The average molecular weight is 317 g/mol. The smallest absolute Gasteiger partial charge is 0.310 e. The van der Waals surface area contributed by atoms with Crippen LogP contribution in [0.3, 0.4) is 0 Å². The summed E-state index contributed by atoms with van der Waals surface area (Å²) in [4.78, 5) is 12.3. The zero-order valence-corrected chi connectivity index (χ0v) is 14.8. The largest absolute Gasteiger partial charge is 0.463 e. The van der Waals surface area contributed by atoms with E-state index in [1.165, 1.54) is 0 Å². The van der Waals surface area contributed by atoms with Crippen LogP contribution in [-0.4, -0.2) is 24.6 Å². The van der Waals surface area contributed by atoms with E-state index in [4.69, 9.17) is 14.2 Å².